The molecule has 0 aliphatic carbocycles. The summed E-state index contributed by atoms with van der Waals surface area (Å²) in [5.74, 6) is -0.516. The fourth-order valence-corrected chi connectivity index (χ4v) is 2.35. The van der Waals surface area contributed by atoms with E-state index in [9.17, 15) is 4.39 Å². The van der Waals surface area contributed by atoms with E-state index in [1.54, 1.807) is 29.7 Å². The summed E-state index contributed by atoms with van der Waals surface area (Å²) in [4.78, 5) is 4.25. The number of halogens is 1. The van der Waals surface area contributed by atoms with Gasteiger partial charge in [0.25, 0.3) is 0 Å². The minimum atomic E-state index is -0.516. The molecule has 1 N–H and O–H groups in total. The van der Waals surface area contributed by atoms with Crippen LogP contribution in [0.1, 0.15) is 24.4 Å². The van der Waals surface area contributed by atoms with Crippen molar-refractivity contribution in [3.8, 4) is 6.07 Å². The second-order valence-corrected chi connectivity index (χ2v) is 5.29. The largest absolute Gasteiger partial charge is 0.374 e. The van der Waals surface area contributed by atoms with Crippen molar-refractivity contribution in [2.75, 3.05) is 5.32 Å². The number of nitriles is 1. The summed E-state index contributed by atoms with van der Waals surface area (Å²) in [6.45, 7) is 3.95. The van der Waals surface area contributed by atoms with E-state index in [1.807, 2.05) is 19.2 Å². The molecular formula is C13H12FN3S. The fraction of sp³-hybridized carbons (Fsp3) is 0.231. The molecular weight excluding hydrogens is 249 g/mol. The molecule has 92 valence electrons. The van der Waals surface area contributed by atoms with Gasteiger partial charge in [0.15, 0.2) is 0 Å². The third kappa shape index (κ3) is 2.49. The highest BCUT2D eigenvalue weighted by Crippen LogP contribution is 2.27. The Balaban J connectivity index is 2.25. The van der Waals surface area contributed by atoms with Gasteiger partial charge in [-0.05, 0) is 32.0 Å². The Bertz CT molecular complexity index is 585. The molecule has 0 saturated carbocycles. The SMILES string of the molecule is CC(C)(Nc1ccc(C#N)c(F)c1)c1nccs1. The molecule has 0 amide bonds. The van der Waals surface area contributed by atoms with Gasteiger partial charge in [0, 0.05) is 17.3 Å². The number of nitrogens with zero attached hydrogens (tertiary/aromatic N) is 2. The Hall–Kier alpha value is -1.93. The van der Waals surface area contributed by atoms with E-state index in [1.165, 1.54) is 12.1 Å². The first-order valence-corrected chi connectivity index (χ1v) is 6.29. The van der Waals surface area contributed by atoms with E-state index < -0.39 is 5.82 Å². The number of hydrogen-bond donors (Lipinski definition) is 1. The topological polar surface area (TPSA) is 48.7 Å². The Morgan fingerprint density at radius 2 is 2.22 bits per heavy atom. The lowest BCUT2D eigenvalue weighted by Crippen LogP contribution is -2.27. The molecule has 0 aliphatic heterocycles. The molecule has 0 bridgehead atoms. The predicted molar refractivity (Wildman–Crippen MR) is 69.9 cm³/mol. The number of thiazole rings is 1. The van der Waals surface area contributed by atoms with Crippen LogP contribution in [-0.4, -0.2) is 4.98 Å². The van der Waals surface area contributed by atoms with Crippen molar-refractivity contribution >= 4 is 17.0 Å². The van der Waals surface area contributed by atoms with Crippen molar-refractivity contribution in [3.63, 3.8) is 0 Å². The van der Waals surface area contributed by atoms with Crippen molar-refractivity contribution in [2.24, 2.45) is 0 Å². The maximum Gasteiger partial charge on any atom is 0.143 e. The molecule has 0 radical (unpaired) electrons. The highest BCUT2D eigenvalue weighted by Gasteiger charge is 2.23. The quantitative estimate of drug-likeness (QED) is 0.919. The van der Waals surface area contributed by atoms with E-state index in [4.69, 9.17) is 5.26 Å². The van der Waals surface area contributed by atoms with E-state index in [0.717, 1.165) is 5.01 Å². The first-order chi connectivity index (χ1) is 8.53. The summed E-state index contributed by atoms with van der Waals surface area (Å²) in [6, 6.07) is 6.29. The van der Waals surface area contributed by atoms with Crippen LogP contribution < -0.4 is 5.32 Å². The maximum atomic E-state index is 13.5. The van der Waals surface area contributed by atoms with Crippen molar-refractivity contribution < 1.29 is 4.39 Å². The molecule has 0 spiro atoms. The molecule has 1 aromatic carbocycles. The summed E-state index contributed by atoms with van der Waals surface area (Å²) in [6.07, 6.45) is 1.74. The molecule has 1 heterocycles. The fourth-order valence-electron chi connectivity index (χ4n) is 1.63. The monoisotopic (exact) mass is 261 g/mol. The van der Waals surface area contributed by atoms with Crippen molar-refractivity contribution in [2.45, 2.75) is 19.4 Å². The summed E-state index contributed by atoms with van der Waals surface area (Å²) in [5, 5.41) is 14.7. The van der Waals surface area contributed by atoms with E-state index in [-0.39, 0.29) is 11.1 Å². The van der Waals surface area contributed by atoms with Crippen LogP contribution in [-0.2, 0) is 5.54 Å². The van der Waals surface area contributed by atoms with Gasteiger partial charge in [-0.25, -0.2) is 9.37 Å². The van der Waals surface area contributed by atoms with Crippen molar-refractivity contribution in [1.82, 2.24) is 4.98 Å². The average molecular weight is 261 g/mol. The second kappa shape index (κ2) is 4.75. The number of anilines is 1. The van der Waals surface area contributed by atoms with Crippen LogP contribution in [0.2, 0.25) is 0 Å². The maximum absolute atomic E-state index is 13.5. The van der Waals surface area contributed by atoms with Gasteiger partial charge in [-0.1, -0.05) is 0 Å². The molecule has 3 nitrogen and oxygen atoms in total. The third-order valence-corrected chi connectivity index (χ3v) is 3.61. The summed E-state index contributed by atoms with van der Waals surface area (Å²) >= 11 is 1.54. The summed E-state index contributed by atoms with van der Waals surface area (Å²) < 4.78 is 13.5. The molecule has 18 heavy (non-hydrogen) atoms. The van der Waals surface area contributed by atoms with Crippen LogP contribution in [0.15, 0.2) is 29.8 Å². The van der Waals surface area contributed by atoms with Crippen LogP contribution in [0.3, 0.4) is 0 Å². The van der Waals surface area contributed by atoms with Crippen LogP contribution in [0.25, 0.3) is 0 Å². The first-order valence-electron chi connectivity index (χ1n) is 5.41. The molecule has 2 rings (SSSR count). The Labute approximate surface area is 109 Å². The van der Waals surface area contributed by atoms with E-state index in [0.29, 0.717) is 5.69 Å². The Kier molecular flexibility index (Phi) is 3.30. The van der Waals surface area contributed by atoms with Crippen LogP contribution in [0.4, 0.5) is 10.1 Å². The number of nitrogens with one attached hydrogen (secondary N) is 1. The highest BCUT2D eigenvalue weighted by molar-refractivity contribution is 7.09. The Morgan fingerprint density at radius 3 is 2.78 bits per heavy atom. The highest BCUT2D eigenvalue weighted by atomic mass is 32.1. The summed E-state index contributed by atoms with van der Waals surface area (Å²) in [7, 11) is 0. The van der Waals surface area contributed by atoms with Crippen LogP contribution in [0.5, 0.6) is 0 Å². The summed E-state index contributed by atoms with van der Waals surface area (Å²) in [5.41, 5.74) is 0.300. The lowest BCUT2D eigenvalue weighted by molar-refractivity contribution is 0.598. The molecule has 0 aliphatic rings. The standard InChI is InChI=1S/C13H12FN3S/c1-13(2,12-16-5-6-18-12)17-10-4-3-9(8-15)11(14)7-10/h3-7,17H,1-2H3. The lowest BCUT2D eigenvalue weighted by Gasteiger charge is -2.25. The van der Waals surface area contributed by atoms with Gasteiger partial charge in [-0.2, -0.15) is 5.26 Å². The van der Waals surface area contributed by atoms with Gasteiger partial charge in [0.1, 0.15) is 16.9 Å². The number of benzene rings is 1. The third-order valence-electron chi connectivity index (χ3n) is 2.51. The van der Waals surface area contributed by atoms with Gasteiger partial charge in [0.2, 0.25) is 0 Å². The Morgan fingerprint density at radius 1 is 1.44 bits per heavy atom. The number of rotatable bonds is 3. The molecule has 1 aromatic heterocycles. The normalized spacial score (nSPS) is 11.0. The molecule has 0 saturated heterocycles. The lowest BCUT2D eigenvalue weighted by atomic mass is 10.1. The number of aromatic nitrogens is 1. The second-order valence-electron chi connectivity index (χ2n) is 4.39. The van der Waals surface area contributed by atoms with Gasteiger partial charge in [0.05, 0.1) is 11.1 Å². The zero-order valence-electron chi connectivity index (χ0n) is 10.1. The number of hydrogen-bond acceptors (Lipinski definition) is 4. The molecule has 0 atom stereocenters. The molecule has 5 heteroatoms. The van der Waals surface area contributed by atoms with Crippen molar-refractivity contribution in [3.05, 3.63) is 46.2 Å². The smallest absolute Gasteiger partial charge is 0.143 e. The first kappa shape index (κ1) is 12.5. The average Bonchev–Trinajstić information content (AvgIpc) is 2.82. The molecule has 0 unspecified atom stereocenters. The van der Waals surface area contributed by atoms with Gasteiger partial charge >= 0.3 is 0 Å². The van der Waals surface area contributed by atoms with Gasteiger partial charge < -0.3 is 5.32 Å². The van der Waals surface area contributed by atoms with Gasteiger partial charge in [-0.15, -0.1) is 11.3 Å². The zero-order valence-corrected chi connectivity index (χ0v) is 10.9. The van der Waals surface area contributed by atoms with Gasteiger partial charge in [-0.3, -0.25) is 0 Å². The minimum absolute atomic E-state index is 0.0487. The molecule has 2 aromatic rings. The van der Waals surface area contributed by atoms with Crippen LogP contribution in [0, 0.1) is 17.1 Å². The van der Waals surface area contributed by atoms with Crippen LogP contribution >= 0.6 is 11.3 Å². The molecule has 0 fully saturated rings. The van der Waals surface area contributed by atoms with E-state index in [2.05, 4.69) is 10.3 Å². The minimum Gasteiger partial charge on any atom is -0.374 e. The van der Waals surface area contributed by atoms with E-state index >= 15 is 0 Å². The predicted octanol–water partition coefficient (Wildman–Crippen LogP) is 3.50. The zero-order chi connectivity index (χ0) is 13.2. The van der Waals surface area contributed by atoms with Crippen molar-refractivity contribution in [1.29, 1.82) is 5.26 Å².